The molecule has 1 saturated heterocycles. The van der Waals surface area contributed by atoms with Gasteiger partial charge in [0.15, 0.2) is 5.54 Å². The number of piperidine rings is 1. The fraction of sp³-hybridized carbons (Fsp3) is 0.609. The number of carbonyl (C=O) groups excluding carboxylic acids is 2. The van der Waals surface area contributed by atoms with Crippen LogP contribution in [-0.2, 0) is 16.1 Å². The number of rotatable bonds is 7. The minimum atomic E-state index is -0.805. The van der Waals surface area contributed by atoms with E-state index in [0.717, 1.165) is 24.8 Å². The van der Waals surface area contributed by atoms with Gasteiger partial charge in [0.25, 0.3) is 5.91 Å². The molecule has 162 valence electrons. The summed E-state index contributed by atoms with van der Waals surface area (Å²) in [5, 5.41) is 7.58. The molecule has 2 saturated carbocycles. The number of likely N-dealkylation sites (tertiary alicyclic amines) is 1. The van der Waals surface area contributed by atoms with Gasteiger partial charge < -0.3 is 17.2 Å². The van der Waals surface area contributed by atoms with Crippen LogP contribution in [0, 0.1) is 17.2 Å². The molecule has 1 heterocycles. The summed E-state index contributed by atoms with van der Waals surface area (Å²) in [6.07, 6.45) is 8.16. The molecule has 7 heteroatoms. The van der Waals surface area contributed by atoms with E-state index in [4.69, 9.17) is 22.6 Å². The monoisotopic (exact) mass is 412 g/mol. The summed E-state index contributed by atoms with van der Waals surface area (Å²) in [7, 11) is 0. The highest BCUT2D eigenvalue weighted by molar-refractivity contribution is 5.95. The van der Waals surface area contributed by atoms with E-state index in [9.17, 15) is 9.59 Å². The van der Waals surface area contributed by atoms with Crippen LogP contribution in [0.15, 0.2) is 24.3 Å². The summed E-state index contributed by atoms with van der Waals surface area (Å²) in [5.41, 5.74) is 18.7. The molecular formula is C23H34N5O2+. The van der Waals surface area contributed by atoms with Gasteiger partial charge in [0.2, 0.25) is 0 Å². The number of hydrogen-bond donors (Lipinski definition) is 4. The van der Waals surface area contributed by atoms with Crippen LogP contribution in [0.3, 0.4) is 0 Å². The van der Waals surface area contributed by atoms with Crippen LogP contribution < -0.4 is 17.2 Å². The average molecular weight is 413 g/mol. The second-order valence-electron chi connectivity index (χ2n) is 9.62. The molecule has 30 heavy (non-hydrogen) atoms. The number of carbonyl (C=O) groups is 2. The number of hydrogen-bond acceptors (Lipinski definition) is 4. The molecule has 7 N–H and O–H groups in total. The molecule has 1 unspecified atom stereocenters. The molecule has 2 aliphatic carbocycles. The number of nitrogens with one attached hydrogen (secondary N) is 1. The Morgan fingerprint density at radius 1 is 1.10 bits per heavy atom. The third-order valence-corrected chi connectivity index (χ3v) is 7.89. The molecule has 1 aromatic carbocycles. The van der Waals surface area contributed by atoms with E-state index in [1.165, 1.54) is 19.3 Å². The maximum Gasteiger partial charge on any atom is 0.331 e. The number of nitrogens with zero attached hydrogens (tertiary/aromatic N) is 1. The topological polar surface area (TPSA) is 136 Å². The van der Waals surface area contributed by atoms with Crippen molar-refractivity contribution in [2.24, 2.45) is 29.0 Å². The van der Waals surface area contributed by atoms with Crippen LogP contribution >= 0.6 is 0 Å². The van der Waals surface area contributed by atoms with E-state index in [2.05, 4.69) is 0 Å². The van der Waals surface area contributed by atoms with Crippen molar-refractivity contribution >= 4 is 17.6 Å². The van der Waals surface area contributed by atoms with Gasteiger partial charge in [-0.15, -0.1) is 0 Å². The zero-order chi connectivity index (χ0) is 21.5. The molecule has 7 nitrogen and oxygen atoms in total. The predicted molar refractivity (Wildman–Crippen MR) is 115 cm³/mol. The zero-order valence-corrected chi connectivity index (χ0v) is 17.6. The van der Waals surface area contributed by atoms with Crippen LogP contribution in [0.2, 0.25) is 0 Å². The van der Waals surface area contributed by atoms with Crippen LogP contribution in [0.25, 0.3) is 0 Å². The normalized spacial score (nSPS) is 31.7. The third kappa shape index (κ3) is 3.34. The number of fused-ring (bicyclic) bond motifs is 1. The predicted octanol–water partition coefficient (Wildman–Crippen LogP) is 1.76. The maximum absolute atomic E-state index is 13.9. The summed E-state index contributed by atoms with van der Waals surface area (Å²) in [4.78, 5) is 26.5. The van der Waals surface area contributed by atoms with E-state index in [-0.39, 0.29) is 28.1 Å². The molecular weight excluding hydrogens is 378 g/mol. The average Bonchev–Trinajstić information content (AvgIpc) is 3.40. The van der Waals surface area contributed by atoms with Gasteiger partial charge in [-0.3, -0.25) is 10.2 Å². The first-order valence-corrected chi connectivity index (χ1v) is 11.2. The Kier molecular flexibility index (Phi) is 5.45. The van der Waals surface area contributed by atoms with Crippen molar-refractivity contribution in [2.75, 3.05) is 6.54 Å². The van der Waals surface area contributed by atoms with Gasteiger partial charge in [0, 0.05) is 29.9 Å². The molecule has 4 rings (SSSR count). The maximum atomic E-state index is 13.9. The summed E-state index contributed by atoms with van der Waals surface area (Å²) < 4.78 is 0.0559. The zero-order valence-electron chi connectivity index (χ0n) is 17.6. The van der Waals surface area contributed by atoms with Gasteiger partial charge >= 0.3 is 5.91 Å². The van der Waals surface area contributed by atoms with Crippen molar-refractivity contribution in [3.05, 3.63) is 35.4 Å². The summed E-state index contributed by atoms with van der Waals surface area (Å²) in [6.45, 7) is 1.02. The quantitative estimate of drug-likeness (QED) is 0.308. The van der Waals surface area contributed by atoms with Gasteiger partial charge in [0.1, 0.15) is 18.4 Å². The summed E-state index contributed by atoms with van der Waals surface area (Å²) >= 11 is 0. The lowest BCUT2D eigenvalue weighted by atomic mass is 9.84. The standard InChI is InChI=1S/C23H33N5O2/c24-19(12-15-4-2-1-3-5-15)21(29)28(11-10-18-13-23(18,28)22(27)30)14-16-6-8-17(9-7-16)20(25)26/h6-9,15,18-19H,1-5,10-14,24H2,(H4-,25,26,27,30)/p+1/t18-,19-,23+,28?/m1/s1. The van der Waals surface area contributed by atoms with Crippen molar-refractivity contribution in [3.63, 3.8) is 0 Å². The van der Waals surface area contributed by atoms with Crippen LogP contribution in [0.5, 0.6) is 0 Å². The lowest BCUT2D eigenvalue weighted by Crippen LogP contribution is -2.67. The van der Waals surface area contributed by atoms with Gasteiger partial charge in [-0.05, 0) is 12.3 Å². The molecule has 3 aliphatic rings. The lowest BCUT2D eigenvalue weighted by molar-refractivity contribution is -0.885. The van der Waals surface area contributed by atoms with E-state index >= 15 is 0 Å². The van der Waals surface area contributed by atoms with Gasteiger partial charge in [0.05, 0.1) is 6.54 Å². The number of primary amides is 1. The van der Waals surface area contributed by atoms with Crippen LogP contribution in [0.1, 0.15) is 62.5 Å². The largest absolute Gasteiger partial charge is 0.384 e. The first-order valence-electron chi connectivity index (χ1n) is 11.2. The molecule has 1 aromatic rings. The Hall–Kier alpha value is -2.25. The second kappa shape index (κ2) is 7.78. The molecule has 0 bridgehead atoms. The van der Waals surface area contributed by atoms with Crippen molar-refractivity contribution in [1.29, 1.82) is 5.41 Å². The minimum absolute atomic E-state index is 0.00747. The van der Waals surface area contributed by atoms with E-state index in [1.807, 2.05) is 12.1 Å². The molecule has 3 fully saturated rings. The molecule has 0 spiro atoms. The Morgan fingerprint density at radius 2 is 1.77 bits per heavy atom. The summed E-state index contributed by atoms with van der Waals surface area (Å²) in [5.74, 6) is 0.277. The lowest BCUT2D eigenvalue weighted by Gasteiger charge is -2.41. The van der Waals surface area contributed by atoms with E-state index in [1.54, 1.807) is 12.1 Å². The molecule has 4 atom stereocenters. The number of benzene rings is 1. The van der Waals surface area contributed by atoms with Crippen LogP contribution in [0.4, 0.5) is 0 Å². The van der Waals surface area contributed by atoms with E-state index < -0.39 is 11.6 Å². The van der Waals surface area contributed by atoms with Gasteiger partial charge in [-0.1, -0.05) is 56.4 Å². The SMILES string of the molecule is N=C(N)c1ccc(C[N+]2(C(=O)[C@H](N)CC3CCCCC3)CC[C@@H]3C[C@@]32C(N)=O)cc1. The Labute approximate surface area is 178 Å². The first-order chi connectivity index (χ1) is 14.3. The highest BCUT2D eigenvalue weighted by Crippen LogP contribution is 2.61. The number of amidine groups is 1. The molecule has 2 amide bonds. The number of nitrogen functional groups attached to an aromatic ring is 1. The van der Waals surface area contributed by atoms with Gasteiger partial charge in [-0.25, -0.2) is 9.28 Å². The van der Waals surface area contributed by atoms with Crippen molar-refractivity contribution in [2.45, 2.75) is 69.5 Å². The fourth-order valence-corrected chi connectivity index (χ4v) is 6.18. The smallest absolute Gasteiger partial charge is 0.331 e. The minimum Gasteiger partial charge on any atom is -0.384 e. The van der Waals surface area contributed by atoms with E-state index in [0.29, 0.717) is 37.4 Å². The molecule has 0 aromatic heterocycles. The number of quaternary nitrogens is 1. The first kappa shape index (κ1) is 21.0. The van der Waals surface area contributed by atoms with Crippen molar-refractivity contribution < 1.29 is 14.1 Å². The summed E-state index contributed by atoms with van der Waals surface area (Å²) in [6, 6.07) is 6.79. The Bertz CT molecular complexity index is 848. The number of amides is 2. The molecule has 0 radical (unpaired) electrons. The Morgan fingerprint density at radius 3 is 2.33 bits per heavy atom. The van der Waals surface area contributed by atoms with Crippen molar-refractivity contribution in [1.82, 2.24) is 0 Å². The van der Waals surface area contributed by atoms with Crippen molar-refractivity contribution in [3.8, 4) is 0 Å². The third-order valence-electron chi connectivity index (χ3n) is 7.89. The Balaban J connectivity index is 1.62. The highest BCUT2D eigenvalue weighted by Gasteiger charge is 2.79. The fourth-order valence-electron chi connectivity index (χ4n) is 6.18. The number of nitrogens with two attached hydrogens (primary N) is 3. The van der Waals surface area contributed by atoms with Gasteiger partial charge in [-0.2, -0.15) is 0 Å². The molecule has 1 aliphatic heterocycles. The highest BCUT2D eigenvalue weighted by atomic mass is 16.2. The second-order valence-corrected chi connectivity index (χ2v) is 9.62. The van der Waals surface area contributed by atoms with Crippen LogP contribution in [-0.4, -0.2) is 40.3 Å².